The van der Waals surface area contributed by atoms with Gasteiger partial charge in [-0.3, -0.25) is 19.3 Å². The maximum absolute atomic E-state index is 12.2. The van der Waals surface area contributed by atoms with Gasteiger partial charge < -0.3 is 9.15 Å². The number of esters is 1. The van der Waals surface area contributed by atoms with Crippen LogP contribution in [0, 0.1) is 0 Å². The van der Waals surface area contributed by atoms with Crippen LogP contribution in [0.4, 0.5) is 0 Å². The molecule has 10 heteroatoms. The summed E-state index contributed by atoms with van der Waals surface area (Å²) in [5.41, 5.74) is 0.472. The minimum atomic E-state index is -3.73. The minimum absolute atomic E-state index is 0.117. The number of amides is 2. The fourth-order valence-corrected chi connectivity index (χ4v) is 3.28. The molecule has 2 amide bonds. The standard InChI is InChI=1S/C17H16N2O7S/c1-18(2)27(23,24)15-8-7-11(26-15)10-25-14(20)9-19-16(21)12-5-3-4-6-13(12)17(19)22/h3-8H,9-10H2,1-2H3. The number of hydrogen-bond donors (Lipinski definition) is 0. The highest BCUT2D eigenvalue weighted by atomic mass is 32.2. The zero-order chi connectivity index (χ0) is 19.8. The van der Waals surface area contributed by atoms with E-state index in [0.717, 1.165) is 9.21 Å². The van der Waals surface area contributed by atoms with E-state index in [4.69, 9.17) is 9.15 Å². The predicted octanol–water partition coefficient (Wildman–Crippen LogP) is 0.869. The molecule has 0 saturated heterocycles. The summed E-state index contributed by atoms with van der Waals surface area (Å²) in [5, 5.41) is -0.279. The van der Waals surface area contributed by atoms with E-state index < -0.39 is 34.4 Å². The van der Waals surface area contributed by atoms with E-state index in [9.17, 15) is 22.8 Å². The van der Waals surface area contributed by atoms with E-state index in [1.807, 2.05) is 0 Å². The van der Waals surface area contributed by atoms with Crippen molar-refractivity contribution in [3.8, 4) is 0 Å². The molecule has 1 aliphatic heterocycles. The maximum atomic E-state index is 12.2. The Morgan fingerprint density at radius 1 is 1.07 bits per heavy atom. The molecule has 0 aliphatic carbocycles. The van der Waals surface area contributed by atoms with Crippen molar-refractivity contribution in [1.29, 1.82) is 0 Å². The Labute approximate surface area is 155 Å². The second-order valence-electron chi connectivity index (χ2n) is 5.91. The van der Waals surface area contributed by atoms with Gasteiger partial charge in [0.1, 0.15) is 18.9 Å². The van der Waals surface area contributed by atoms with Gasteiger partial charge in [0.25, 0.3) is 21.8 Å². The van der Waals surface area contributed by atoms with E-state index in [1.165, 1.54) is 38.4 Å². The van der Waals surface area contributed by atoms with Crippen molar-refractivity contribution >= 4 is 27.8 Å². The molecule has 0 saturated carbocycles. The first-order valence-corrected chi connectivity index (χ1v) is 9.28. The molecule has 0 N–H and O–H groups in total. The van der Waals surface area contributed by atoms with Crippen LogP contribution in [-0.2, 0) is 26.2 Å². The van der Waals surface area contributed by atoms with Gasteiger partial charge >= 0.3 is 5.97 Å². The van der Waals surface area contributed by atoms with Crippen molar-refractivity contribution in [3.63, 3.8) is 0 Å². The molecule has 0 atom stereocenters. The lowest BCUT2D eigenvalue weighted by Gasteiger charge is -2.12. The van der Waals surface area contributed by atoms with Crippen LogP contribution < -0.4 is 0 Å². The van der Waals surface area contributed by atoms with Crippen LogP contribution in [0.1, 0.15) is 26.5 Å². The van der Waals surface area contributed by atoms with Crippen molar-refractivity contribution in [1.82, 2.24) is 9.21 Å². The molecule has 27 heavy (non-hydrogen) atoms. The molecule has 0 radical (unpaired) electrons. The Kier molecular flexibility index (Phi) is 4.85. The third kappa shape index (κ3) is 3.49. The largest absolute Gasteiger partial charge is 0.456 e. The third-order valence-electron chi connectivity index (χ3n) is 3.91. The lowest BCUT2D eigenvalue weighted by atomic mass is 10.1. The van der Waals surface area contributed by atoms with Crippen LogP contribution in [0.5, 0.6) is 0 Å². The van der Waals surface area contributed by atoms with E-state index in [0.29, 0.717) is 0 Å². The third-order valence-corrected chi connectivity index (χ3v) is 5.60. The van der Waals surface area contributed by atoms with Gasteiger partial charge in [-0.2, -0.15) is 0 Å². The van der Waals surface area contributed by atoms with Crippen LogP contribution in [0.15, 0.2) is 45.9 Å². The molecule has 0 unspecified atom stereocenters. The number of carbonyl (C=O) groups is 3. The first kappa shape index (κ1) is 18.8. The molecule has 3 rings (SSSR count). The van der Waals surface area contributed by atoms with E-state index in [1.54, 1.807) is 12.1 Å². The lowest BCUT2D eigenvalue weighted by Crippen LogP contribution is -2.35. The predicted molar refractivity (Wildman–Crippen MR) is 91.2 cm³/mol. The molecule has 0 spiro atoms. The summed E-state index contributed by atoms with van der Waals surface area (Å²) in [6.45, 7) is -0.874. The van der Waals surface area contributed by atoms with Gasteiger partial charge in [-0.25, -0.2) is 12.7 Å². The Morgan fingerprint density at radius 3 is 2.22 bits per heavy atom. The summed E-state index contributed by atoms with van der Waals surface area (Å²) in [6.07, 6.45) is 0. The zero-order valence-electron chi connectivity index (χ0n) is 14.5. The number of imide groups is 1. The normalized spacial score (nSPS) is 14.0. The van der Waals surface area contributed by atoms with Gasteiger partial charge in [-0.05, 0) is 24.3 Å². The van der Waals surface area contributed by atoms with Gasteiger partial charge in [-0.15, -0.1) is 0 Å². The first-order chi connectivity index (χ1) is 12.7. The molecule has 2 aromatic rings. The first-order valence-electron chi connectivity index (χ1n) is 7.84. The zero-order valence-corrected chi connectivity index (χ0v) is 15.4. The summed E-state index contributed by atoms with van der Waals surface area (Å²) < 4.78 is 35.0. The Balaban J connectivity index is 1.61. The quantitative estimate of drug-likeness (QED) is 0.529. The van der Waals surface area contributed by atoms with E-state index in [2.05, 4.69) is 0 Å². The number of carbonyl (C=O) groups excluding carboxylic acids is 3. The number of fused-ring (bicyclic) bond motifs is 1. The van der Waals surface area contributed by atoms with Gasteiger partial charge in [0.15, 0.2) is 0 Å². The van der Waals surface area contributed by atoms with Crippen LogP contribution in [0.2, 0.25) is 0 Å². The second-order valence-corrected chi connectivity index (χ2v) is 7.99. The van der Waals surface area contributed by atoms with Crippen molar-refractivity contribution in [2.45, 2.75) is 11.7 Å². The summed E-state index contributed by atoms with van der Waals surface area (Å²) in [5.74, 6) is -1.83. The number of rotatable bonds is 6. The molecule has 1 aliphatic rings. The summed E-state index contributed by atoms with van der Waals surface area (Å²) in [7, 11) is -1.01. The maximum Gasteiger partial charge on any atom is 0.326 e. The fraction of sp³-hybridized carbons (Fsp3) is 0.235. The molecule has 0 fully saturated rings. The number of hydrogen-bond acceptors (Lipinski definition) is 7. The number of nitrogens with zero attached hydrogens (tertiary/aromatic N) is 2. The average molecular weight is 392 g/mol. The summed E-state index contributed by atoms with van der Waals surface area (Å²) in [6, 6.07) is 8.89. The van der Waals surface area contributed by atoms with Gasteiger partial charge in [-0.1, -0.05) is 12.1 Å². The van der Waals surface area contributed by atoms with Crippen LogP contribution in [0.25, 0.3) is 0 Å². The molecule has 2 heterocycles. The van der Waals surface area contributed by atoms with Crippen LogP contribution in [0.3, 0.4) is 0 Å². The molecule has 1 aromatic heterocycles. The summed E-state index contributed by atoms with van der Waals surface area (Å²) in [4.78, 5) is 37.2. The van der Waals surface area contributed by atoms with Crippen molar-refractivity contribution < 1.29 is 32.0 Å². The lowest BCUT2D eigenvalue weighted by molar-refractivity contribution is -0.145. The van der Waals surface area contributed by atoms with E-state index in [-0.39, 0.29) is 28.6 Å². The average Bonchev–Trinajstić information content (AvgIpc) is 3.20. The highest BCUT2D eigenvalue weighted by Gasteiger charge is 2.36. The van der Waals surface area contributed by atoms with Gasteiger partial charge in [0, 0.05) is 14.1 Å². The highest BCUT2D eigenvalue weighted by molar-refractivity contribution is 7.88. The topological polar surface area (TPSA) is 114 Å². The van der Waals surface area contributed by atoms with Gasteiger partial charge in [0.05, 0.1) is 11.1 Å². The minimum Gasteiger partial charge on any atom is -0.456 e. The molecule has 9 nitrogen and oxygen atoms in total. The number of sulfonamides is 1. The van der Waals surface area contributed by atoms with Crippen molar-refractivity contribution in [2.24, 2.45) is 0 Å². The van der Waals surface area contributed by atoms with Crippen molar-refractivity contribution in [3.05, 3.63) is 53.3 Å². The van der Waals surface area contributed by atoms with Crippen molar-refractivity contribution in [2.75, 3.05) is 20.6 Å². The van der Waals surface area contributed by atoms with Gasteiger partial charge in [0.2, 0.25) is 5.09 Å². The smallest absolute Gasteiger partial charge is 0.326 e. The molecular formula is C17H16N2O7S. The monoisotopic (exact) mass is 392 g/mol. The van der Waals surface area contributed by atoms with Crippen LogP contribution in [-0.4, -0.2) is 56.0 Å². The summed E-state index contributed by atoms with van der Waals surface area (Å²) >= 11 is 0. The van der Waals surface area contributed by atoms with Crippen LogP contribution >= 0.6 is 0 Å². The molecule has 1 aromatic carbocycles. The second kappa shape index (κ2) is 6.97. The SMILES string of the molecule is CN(C)S(=O)(=O)c1ccc(COC(=O)CN2C(=O)c3ccccc3C2=O)o1. The fourth-order valence-electron chi connectivity index (χ4n) is 2.46. The Bertz CT molecular complexity index is 988. The number of furan rings is 1. The Hall–Kier alpha value is -2.98. The highest BCUT2D eigenvalue weighted by Crippen LogP contribution is 2.22. The number of benzene rings is 1. The number of ether oxygens (including phenoxy) is 1. The molecule has 0 bridgehead atoms. The molecule has 142 valence electrons. The van der Waals surface area contributed by atoms with E-state index >= 15 is 0 Å². The Morgan fingerprint density at radius 2 is 1.67 bits per heavy atom. The molecular weight excluding hydrogens is 376 g/mol.